The summed E-state index contributed by atoms with van der Waals surface area (Å²) in [4.78, 5) is 34.8. The first kappa shape index (κ1) is 20.6. The van der Waals surface area contributed by atoms with E-state index in [0.29, 0.717) is 22.8 Å². The Kier molecular flexibility index (Phi) is 6.11. The molecule has 0 fully saturated rings. The molecule has 0 aliphatic heterocycles. The van der Waals surface area contributed by atoms with Crippen LogP contribution < -0.4 is 10.1 Å². The highest BCUT2D eigenvalue weighted by molar-refractivity contribution is 5.96. The second-order valence-corrected chi connectivity index (χ2v) is 6.24. The van der Waals surface area contributed by atoms with Gasteiger partial charge in [-0.1, -0.05) is 6.07 Å². The molecule has 0 bridgehead atoms. The number of hydrogen-bond donors (Lipinski definition) is 1. The van der Waals surface area contributed by atoms with Gasteiger partial charge in [0, 0.05) is 29.4 Å². The number of rotatable bonds is 7. The molecule has 0 saturated heterocycles. The van der Waals surface area contributed by atoms with Crippen LogP contribution in [0.5, 0.6) is 5.75 Å². The van der Waals surface area contributed by atoms with Gasteiger partial charge in [-0.25, -0.2) is 4.79 Å². The Labute approximate surface area is 171 Å². The highest BCUT2D eigenvalue weighted by Gasteiger charge is 2.22. The number of carbonyl (C=O) groups excluding carboxylic acids is 2. The maximum Gasteiger partial charge on any atom is 0.375 e. The van der Waals surface area contributed by atoms with Crippen LogP contribution >= 0.6 is 0 Å². The van der Waals surface area contributed by atoms with Crippen molar-refractivity contribution in [2.45, 2.75) is 13.0 Å². The summed E-state index contributed by atoms with van der Waals surface area (Å²) in [6, 6.07) is 15.4. The van der Waals surface area contributed by atoms with Crippen molar-refractivity contribution in [3.05, 3.63) is 76.5 Å². The minimum atomic E-state index is -1.07. The fourth-order valence-corrected chi connectivity index (χ4v) is 2.57. The summed E-state index contributed by atoms with van der Waals surface area (Å²) in [6.07, 6.45) is -1.07. The number of furan rings is 1. The SMILES string of the molecule is COc1cccc(NC(=O)[C@H](C)OC(=O)c2ccc(-c3ccc([N+](=O)[O-])cc3)o2)c1. The van der Waals surface area contributed by atoms with Crippen LogP contribution in [0.25, 0.3) is 11.3 Å². The molecule has 9 nitrogen and oxygen atoms in total. The Hall–Kier alpha value is -4.14. The molecule has 2 aromatic carbocycles. The lowest BCUT2D eigenvalue weighted by atomic mass is 10.1. The minimum Gasteiger partial charge on any atom is -0.497 e. The molecular formula is C21H18N2O7. The Morgan fingerprint density at radius 2 is 1.83 bits per heavy atom. The van der Waals surface area contributed by atoms with Crippen molar-refractivity contribution >= 4 is 23.3 Å². The monoisotopic (exact) mass is 410 g/mol. The average molecular weight is 410 g/mol. The summed E-state index contributed by atoms with van der Waals surface area (Å²) in [7, 11) is 1.51. The molecule has 0 spiro atoms. The van der Waals surface area contributed by atoms with Gasteiger partial charge in [0.15, 0.2) is 6.10 Å². The third-order valence-corrected chi connectivity index (χ3v) is 4.16. The molecule has 154 valence electrons. The number of hydrogen-bond acceptors (Lipinski definition) is 7. The zero-order valence-electron chi connectivity index (χ0n) is 16.2. The molecule has 0 unspecified atom stereocenters. The van der Waals surface area contributed by atoms with E-state index in [-0.39, 0.29) is 11.4 Å². The predicted octanol–water partition coefficient (Wildman–Crippen LogP) is 4.05. The van der Waals surface area contributed by atoms with Gasteiger partial charge in [-0.05, 0) is 43.3 Å². The number of nitrogens with zero attached hydrogens (tertiary/aromatic N) is 1. The summed E-state index contributed by atoms with van der Waals surface area (Å²) in [6.45, 7) is 1.44. The molecule has 30 heavy (non-hydrogen) atoms. The van der Waals surface area contributed by atoms with Gasteiger partial charge in [-0.3, -0.25) is 14.9 Å². The Morgan fingerprint density at radius 1 is 1.10 bits per heavy atom. The van der Waals surface area contributed by atoms with Crippen molar-refractivity contribution in [3.8, 4) is 17.1 Å². The molecule has 1 amide bonds. The molecule has 0 aliphatic carbocycles. The third kappa shape index (κ3) is 4.82. The first-order chi connectivity index (χ1) is 14.4. The van der Waals surface area contributed by atoms with Crippen LogP contribution in [-0.4, -0.2) is 30.0 Å². The first-order valence-corrected chi connectivity index (χ1v) is 8.88. The molecule has 0 aliphatic rings. The molecule has 1 N–H and O–H groups in total. The van der Waals surface area contributed by atoms with Crippen LogP contribution in [0, 0.1) is 10.1 Å². The van der Waals surface area contributed by atoms with E-state index in [1.807, 2.05) is 0 Å². The van der Waals surface area contributed by atoms with Crippen LogP contribution in [0.4, 0.5) is 11.4 Å². The molecule has 3 aromatic rings. The smallest absolute Gasteiger partial charge is 0.375 e. The number of esters is 1. The molecule has 9 heteroatoms. The van der Waals surface area contributed by atoms with Gasteiger partial charge in [0.25, 0.3) is 11.6 Å². The molecule has 1 aromatic heterocycles. The largest absolute Gasteiger partial charge is 0.497 e. The quantitative estimate of drug-likeness (QED) is 0.354. The van der Waals surface area contributed by atoms with Crippen molar-refractivity contribution in [1.82, 2.24) is 0 Å². The topological polar surface area (TPSA) is 121 Å². The van der Waals surface area contributed by atoms with E-state index in [9.17, 15) is 19.7 Å². The normalized spacial score (nSPS) is 11.4. The van der Waals surface area contributed by atoms with Gasteiger partial charge in [0.1, 0.15) is 11.5 Å². The van der Waals surface area contributed by atoms with Crippen LogP contribution in [-0.2, 0) is 9.53 Å². The van der Waals surface area contributed by atoms with Crippen molar-refractivity contribution in [3.63, 3.8) is 0 Å². The number of nitro benzene ring substituents is 1. The zero-order valence-corrected chi connectivity index (χ0v) is 16.2. The van der Waals surface area contributed by atoms with E-state index in [1.165, 1.54) is 44.4 Å². The summed E-state index contributed by atoms with van der Waals surface area (Å²) < 4.78 is 15.7. The number of benzene rings is 2. The fourth-order valence-electron chi connectivity index (χ4n) is 2.57. The van der Waals surface area contributed by atoms with Gasteiger partial charge in [0.05, 0.1) is 12.0 Å². The first-order valence-electron chi connectivity index (χ1n) is 8.88. The predicted molar refractivity (Wildman–Crippen MR) is 107 cm³/mol. The van der Waals surface area contributed by atoms with E-state index < -0.39 is 22.9 Å². The maximum absolute atomic E-state index is 12.3. The van der Waals surface area contributed by atoms with Gasteiger partial charge in [-0.2, -0.15) is 0 Å². The minimum absolute atomic E-state index is 0.0548. The molecule has 0 radical (unpaired) electrons. The van der Waals surface area contributed by atoms with Gasteiger partial charge in [-0.15, -0.1) is 0 Å². The number of anilines is 1. The Balaban J connectivity index is 1.62. The van der Waals surface area contributed by atoms with E-state index >= 15 is 0 Å². The summed E-state index contributed by atoms with van der Waals surface area (Å²) in [5, 5.41) is 13.4. The number of ether oxygens (including phenoxy) is 2. The molecule has 1 heterocycles. The van der Waals surface area contributed by atoms with E-state index in [1.54, 1.807) is 30.3 Å². The number of nitro groups is 1. The molecule has 1 atom stereocenters. The highest BCUT2D eigenvalue weighted by Crippen LogP contribution is 2.25. The molecule has 3 rings (SSSR count). The van der Waals surface area contributed by atoms with E-state index in [0.717, 1.165) is 0 Å². The standard InChI is InChI=1S/C21H18N2O7/c1-13(20(24)22-15-4-3-5-17(12-15)28-2)29-21(25)19-11-10-18(30-19)14-6-8-16(9-7-14)23(26)27/h3-13H,1-2H3,(H,22,24)/t13-/m0/s1. The van der Waals surface area contributed by atoms with Crippen molar-refractivity contribution in [2.24, 2.45) is 0 Å². The molecular weight excluding hydrogens is 392 g/mol. The second-order valence-electron chi connectivity index (χ2n) is 6.24. The number of nitrogens with one attached hydrogen (secondary N) is 1. The number of methoxy groups -OCH3 is 1. The molecule has 0 saturated carbocycles. The number of non-ortho nitro benzene ring substituents is 1. The second kappa shape index (κ2) is 8.91. The average Bonchev–Trinajstić information content (AvgIpc) is 3.24. The van der Waals surface area contributed by atoms with E-state index in [2.05, 4.69) is 5.32 Å². The number of amides is 1. The highest BCUT2D eigenvalue weighted by atomic mass is 16.6. The van der Waals surface area contributed by atoms with Crippen LogP contribution in [0.1, 0.15) is 17.5 Å². The maximum atomic E-state index is 12.3. The lowest BCUT2D eigenvalue weighted by Gasteiger charge is -2.13. The third-order valence-electron chi connectivity index (χ3n) is 4.16. The van der Waals surface area contributed by atoms with Gasteiger partial charge < -0.3 is 19.2 Å². The van der Waals surface area contributed by atoms with Crippen molar-refractivity contribution in [2.75, 3.05) is 12.4 Å². The van der Waals surface area contributed by atoms with Crippen LogP contribution in [0.2, 0.25) is 0 Å². The summed E-state index contributed by atoms with van der Waals surface area (Å²) in [5.74, 6) is -0.503. The summed E-state index contributed by atoms with van der Waals surface area (Å²) in [5.41, 5.74) is 1.00. The van der Waals surface area contributed by atoms with Crippen molar-refractivity contribution in [1.29, 1.82) is 0 Å². The van der Waals surface area contributed by atoms with Gasteiger partial charge >= 0.3 is 5.97 Å². The Morgan fingerprint density at radius 3 is 2.50 bits per heavy atom. The Bertz CT molecular complexity index is 1070. The zero-order chi connectivity index (χ0) is 21.7. The van der Waals surface area contributed by atoms with Crippen LogP contribution in [0.15, 0.2) is 65.1 Å². The van der Waals surface area contributed by atoms with E-state index in [4.69, 9.17) is 13.9 Å². The lowest BCUT2D eigenvalue weighted by molar-refractivity contribution is -0.384. The van der Waals surface area contributed by atoms with Gasteiger partial charge in [0.2, 0.25) is 5.76 Å². The lowest BCUT2D eigenvalue weighted by Crippen LogP contribution is -2.29. The number of carbonyl (C=O) groups is 2. The summed E-state index contributed by atoms with van der Waals surface area (Å²) >= 11 is 0. The van der Waals surface area contributed by atoms with Crippen LogP contribution in [0.3, 0.4) is 0 Å². The van der Waals surface area contributed by atoms with Crippen molar-refractivity contribution < 1.29 is 28.4 Å². The fraction of sp³-hybridized carbons (Fsp3) is 0.143.